The van der Waals surface area contributed by atoms with Crippen molar-refractivity contribution < 1.29 is 97.1 Å². The molecule has 1 unspecified atom stereocenters. The molecule has 0 aliphatic carbocycles. The maximum absolute atomic E-state index is 14.4. The standard InChI is InChI=1S/C57H86N12O20S/c1-9-11-34(47(79)56(88)59-26-42(74)61-37(21-23-90-8)50(82)64-38(24-30(6)71)52(84)65-39(25-32-13-15-33(73)16-14-32)53(85)66-40(27-70)48(58)80)62-54(86)41-12-10-22-69(41)57(89)46(29(4)5)68-55(87)45(28(2)3)67-51(83)36(18-20-44(77)78)63-49(81)35(60-31(7)72)17-19-43(75)76/h13-16,28-29,34-41,45-46,70,73H,9-12,17-27H2,1-8H3,(H2,58,80)(H,59,88)(H,60,72)(H,61,74)(H,62,86)(H,63,81)(H,64,82)(H,65,84)(H,66,85)(H,67,83)(H,68,87)(H,75,76)(H,77,78)/t34-,35-,36?,37-,38+,39-,40-,41-,45-,46-/m0/s1. The number of phenols is 1. The Morgan fingerprint density at radius 1 is 0.611 bits per heavy atom. The van der Waals surface area contributed by atoms with Crippen LogP contribution in [0.2, 0.25) is 0 Å². The minimum absolute atomic E-state index is 0.0210. The molecule has 12 amide bonds. The highest BCUT2D eigenvalue weighted by atomic mass is 32.2. The van der Waals surface area contributed by atoms with Gasteiger partial charge in [0.05, 0.1) is 19.2 Å². The van der Waals surface area contributed by atoms with Gasteiger partial charge in [0.25, 0.3) is 5.91 Å². The van der Waals surface area contributed by atoms with E-state index in [1.807, 2.05) is 0 Å². The number of hydrogen-bond donors (Lipinski definition) is 15. The Hall–Kier alpha value is -8.75. The fraction of sp³-hybridized carbons (Fsp3) is 0.614. The number of aliphatic hydroxyl groups is 1. The molecule has 33 heteroatoms. The number of carboxylic acids is 2. The molecule has 1 saturated heterocycles. The number of phenolic OH excluding ortho intramolecular Hbond substituents is 1. The Kier molecular flexibility index (Phi) is 33.2. The van der Waals surface area contributed by atoms with Gasteiger partial charge < -0.3 is 84.2 Å². The third kappa shape index (κ3) is 26.5. The van der Waals surface area contributed by atoms with Crippen LogP contribution in [0.3, 0.4) is 0 Å². The number of amides is 12. The minimum Gasteiger partial charge on any atom is -0.508 e. The van der Waals surface area contributed by atoms with Gasteiger partial charge >= 0.3 is 11.9 Å². The van der Waals surface area contributed by atoms with Gasteiger partial charge in [-0.15, -0.1) is 0 Å². The number of nitrogens with zero attached hydrogens (tertiary/aromatic N) is 1. The van der Waals surface area contributed by atoms with Gasteiger partial charge in [0.15, 0.2) is 0 Å². The first-order chi connectivity index (χ1) is 42.2. The molecule has 1 heterocycles. The fourth-order valence-corrected chi connectivity index (χ4v) is 9.67. The molecule has 1 aliphatic heterocycles. The predicted octanol–water partition coefficient (Wildman–Crippen LogP) is -3.95. The molecule has 90 heavy (non-hydrogen) atoms. The summed E-state index contributed by atoms with van der Waals surface area (Å²) in [6.45, 7) is 8.42. The van der Waals surface area contributed by atoms with Crippen molar-refractivity contribution in [3.8, 4) is 5.75 Å². The van der Waals surface area contributed by atoms with E-state index in [1.165, 1.54) is 40.9 Å². The topological polar surface area (TPSA) is 504 Å². The van der Waals surface area contributed by atoms with Crippen LogP contribution in [0.25, 0.3) is 0 Å². The van der Waals surface area contributed by atoms with Gasteiger partial charge in [0, 0.05) is 39.2 Å². The average Bonchev–Trinajstić information content (AvgIpc) is 2.22. The molecule has 0 radical (unpaired) electrons. The molecular weight excluding hydrogens is 1200 g/mol. The maximum Gasteiger partial charge on any atom is 0.303 e. The number of nitrogens with two attached hydrogens (primary N) is 1. The minimum atomic E-state index is -1.65. The first kappa shape index (κ1) is 77.3. The largest absolute Gasteiger partial charge is 0.508 e. The zero-order chi connectivity index (χ0) is 68.1. The highest BCUT2D eigenvalue weighted by Gasteiger charge is 2.42. The van der Waals surface area contributed by atoms with E-state index >= 15 is 0 Å². The van der Waals surface area contributed by atoms with E-state index in [1.54, 1.807) is 40.9 Å². The first-order valence-electron chi connectivity index (χ1n) is 29.2. The highest BCUT2D eigenvalue weighted by molar-refractivity contribution is 7.98. The highest BCUT2D eigenvalue weighted by Crippen LogP contribution is 2.22. The SMILES string of the molecule is CCC[C@H](NC(=O)[C@@H]1CCCN1C(=O)[C@@H](NC(=O)[C@@H](NC(=O)C(CCC(=O)O)NC(=O)[C@H](CCC(=O)O)NC(C)=O)C(C)C)C(C)C)C(=O)C(=O)NCC(=O)N[C@@H](CCSC)C(=O)N[C@H](CC(C)=O)C(=O)N[C@@H](Cc1ccc(O)cc1)C(=O)N[C@@H](CO)C(N)=O. The Labute approximate surface area is 524 Å². The molecular formula is C57H86N12O20S. The average molecular weight is 1290 g/mol. The van der Waals surface area contributed by atoms with E-state index in [9.17, 15) is 92.0 Å². The lowest BCUT2D eigenvalue weighted by atomic mass is 9.98. The van der Waals surface area contributed by atoms with Crippen molar-refractivity contribution in [2.75, 3.05) is 31.7 Å². The van der Waals surface area contributed by atoms with Crippen molar-refractivity contribution in [1.29, 1.82) is 0 Å². The number of ketones is 2. The number of Topliss-reactive ketones (excluding diaryl/α,β-unsaturated/α-hetero) is 2. The number of nitrogens with one attached hydrogen (secondary N) is 10. The molecule has 1 aromatic carbocycles. The normalized spacial score (nSPS) is 15.7. The second kappa shape index (κ2) is 38.6. The summed E-state index contributed by atoms with van der Waals surface area (Å²) in [6.07, 6.45) is -0.683. The number of hydrogen-bond acceptors (Lipinski definition) is 19. The summed E-state index contributed by atoms with van der Waals surface area (Å²) in [5.41, 5.74) is 5.68. The molecule has 1 aromatic rings. The summed E-state index contributed by atoms with van der Waals surface area (Å²) in [5.74, 6) is -17.1. The van der Waals surface area contributed by atoms with Crippen molar-refractivity contribution in [2.24, 2.45) is 17.6 Å². The summed E-state index contributed by atoms with van der Waals surface area (Å²) in [6, 6.07) is -9.05. The van der Waals surface area contributed by atoms with Crippen molar-refractivity contribution in [3.05, 3.63) is 29.8 Å². The number of rotatable bonds is 40. The van der Waals surface area contributed by atoms with E-state index < -0.39 is 205 Å². The summed E-state index contributed by atoms with van der Waals surface area (Å²) in [7, 11) is 0. The molecule has 0 spiro atoms. The molecule has 0 aromatic heterocycles. The van der Waals surface area contributed by atoms with Crippen LogP contribution in [0, 0.1) is 11.8 Å². The lowest BCUT2D eigenvalue weighted by Crippen LogP contribution is -2.61. The van der Waals surface area contributed by atoms with Crippen molar-refractivity contribution >= 4 is 106 Å². The molecule has 0 bridgehead atoms. The Morgan fingerprint density at radius 3 is 1.62 bits per heavy atom. The second-order valence-electron chi connectivity index (χ2n) is 22.2. The van der Waals surface area contributed by atoms with Gasteiger partial charge in [-0.1, -0.05) is 53.2 Å². The van der Waals surface area contributed by atoms with Crippen LogP contribution < -0.4 is 58.9 Å². The predicted molar refractivity (Wildman–Crippen MR) is 321 cm³/mol. The van der Waals surface area contributed by atoms with Gasteiger partial charge in [-0.3, -0.25) is 76.7 Å². The number of aliphatic carboxylic acids is 2. The molecule has 500 valence electrons. The number of likely N-dealkylation sites (tertiary alicyclic amines) is 1. The Morgan fingerprint density at radius 2 is 1.11 bits per heavy atom. The van der Waals surface area contributed by atoms with Gasteiger partial charge in [-0.2, -0.15) is 11.8 Å². The Balaban J connectivity index is 2.24. The summed E-state index contributed by atoms with van der Waals surface area (Å²) in [5, 5.41) is 61.9. The van der Waals surface area contributed by atoms with Crippen molar-refractivity contribution in [2.45, 2.75) is 180 Å². The number of aliphatic hydroxyl groups excluding tert-OH is 1. The van der Waals surface area contributed by atoms with E-state index in [0.29, 0.717) is 12.0 Å². The van der Waals surface area contributed by atoms with Gasteiger partial charge in [0.1, 0.15) is 65.9 Å². The number of primary amides is 1. The first-order valence-corrected chi connectivity index (χ1v) is 30.6. The number of benzene rings is 1. The van der Waals surface area contributed by atoms with Crippen LogP contribution in [0.4, 0.5) is 0 Å². The molecule has 10 atom stereocenters. The number of carbonyl (C=O) groups excluding carboxylic acids is 14. The number of carboxylic acid groups (broad SMARTS) is 2. The lowest BCUT2D eigenvalue weighted by Gasteiger charge is -2.33. The van der Waals surface area contributed by atoms with Crippen LogP contribution >= 0.6 is 11.8 Å². The number of thioether (sulfide) groups is 1. The molecule has 2 rings (SSSR count). The molecule has 1 aliphatic rings. The lowest BCUT2D eigenvalue weighted by molar-refractivity contribution is -0.144. The quantitative estimate of drug-likeness (QED) is 0.0279. The monoisotopic (exact) mass is 1290 g/mol. The van der Waals surface area contributed by atoms with E-state index in [4.69, 9.17) is 10.8 Å². The molecule has 0 saturated carbocycles. The number of aromatic hydroxyl groups is 1. The van der Waals surface area contributed by atoms with Crippen LogP contribution in [-0.4, -0.2) is 212 Å². The molecule has 16 N–H and O–H groups in total. The third-order valence-corrected chi connectivity index (χ3v) is 14.7. The van der Waals surface area contributed by atoms with Crippen LogP contribution in [0.1, 0.15) is 118 Å². The fourth-order valence-electron chi connectivity index (χ4n) is 9.20. The van der Waals surface area contributed by atoms with E-state index in [0.717, 1.165) is 13.8 Å². The van der Waals surface area contributed by atoms with E-state index in [2.05, 4.69) is 53.2 Å². The third-order valence-electron chi connectivity index (χ3n) is 14.0. The number of carbonyl (C=O) groups is 16. The second-order valence-corrected chi connectivity index (χ2v) is 23.2. The zero-order valence-electron chi connectivity index (χ0n) is 51.6. The zero-order valence-corrected chi connectivity index (χ0v) is 52.4. The summed E-state index contributed by atoms with van der Waals surface area (Å²) < 4.78 is 0. The summed E-state index contributed by atoms with van der Waals surface area (Å²) in [4.78, 5) is 211. The van der Waals surface area contributed by atoms with Crippen LogP contribution in [0.5, 0.6) is 5.75 Å². The van der Waals surface area contributed by atoms with Gasteiger partial charge in [-0.05, 0) is 87.0 Å². The van der Waals surface area contributed by atoms with Crippen molar-refractivity contribution in [1.82, 2.24) is 58.1 Å². The summed E-state index contributed by atoms with van der Waals surface area (Å²) >= 11 is 1.28. The van der Waals surface area contributed by atoms with Gasteiger partial charge in [-0.25, -0.2) is 0 Å². The smallest absolute Gasteiger partial charge is 0.303 e. The van der Waals surface area contributed by atoms with E-state index in [-0.39, 0.29) is 56.6 Å². The Bertz CT molecular complexity index is 2770. The molecule has 1 fully saturated rings. The van der Waals surface area contributed by atoms with Crippen molar-refractivity contribution in [3.63, 3.8) is 0 Å². The van der Waals surface area contributed by atoms with Crippen LogP contribution in [0.15, 0.2) is 24.3 Å². The molecule has 32 nitrogen and oxygen atoms in total. The maximum atomic E-state index is 14.4. The van der Waals surface area contributed by atoms with Crippen LogP contribution in [-0.2, 0) is 83.1 Å². The van der Waals surface area contributed by atoms with Gasteiger partial charge in [0.2, 0.25) is 70.8 Å².